The van der Waals surface area contributed by atoms with Gasteiger partial charge in [-0.2, -0.15) is 20.7 Å². The highest BCUT2D eigenvalue weighted by molar-refractivity contribution is 6.15. The Labute approximate surface area is 392 Å². The van der Waals surface area contributed by atoms with E-state index in [1.807, 2.05) is 87.3 Å². The number of aromatic nitrogens is 6. The van der Waals surface area contributed by atoms with E-state index in [0.29, 0.717) is 74.2 Å². The number of carbonyl (C=O) groups excluding carboxylic acids is 4. The van der Waals surface area contributed by atoms with Gasteiger partial charge in [-0.15, -0.1) is 0 Å². The largest absolute Gasteiger partial charge is 0.364 e. The first-order valence-electron chi connectivity index (χ1n) is 21.7. The summed E-state index contributed by atoms with van der Waals surface area (Å²) in [7, 11) is 0. The number of hydrogen-bond donors (Lipinski definition) is 4. The van der Waals surface area contributed by atoms with Crippen LogP contribution in [0.2, 0.25) is 0 Å². The highest BCUT2D eigenvalue weighted by atomic mass is 16.2. The van der Waals surface area contributed by atoms with Crippen molar-refractivity contribution in [3.05, 3.63) is 177 Å². The first-order chi connectivity index (χ1) is 32.6. The van der Waals surface area contributed by atoms with Crippen LogP contribution in [0.15, 0.2) is 109 Å². The number of amides is 4. The number of benzene rings is 4. The number of nitrogens with one attached hydrogen (secondary N) is 2. The molecule has 6 N–H and O–H groups in total. The normalized spacial score (nSPS) is 10.9. The zero-order valence-corrected chi connectivity index (χ0v) is 38.3. The number of aryl methyl sites for hydroxylation is 1. The van der Waals surface area contributed by atoms with Crippen molar-refractivity contribution in [1.29, 1.82) is 10.5 Å². The molecule has 0 atom stereocenters. The van der Waals surface area contributed by atoms with E-state index in [1.54, 1.807) is 60.7 Å². The number of nitrogens with zero attached hydrogens (tertiary/aromatic N) is 8. The standard InChI is InChI=1S/2C26H24N6O2/c1-15(2)24-23(16(3)31-32(24)14-18-10-8-17(13-27)9-11-18)30-26(34)20-12-22(25(28)33)29-21-7-5-4-6-19(20)21;1-15(2)23-24(16(3)32(31-23)14-18-10-8-17(13-27)9-11-18)30-26(34)20-12-22(25(28)33)29-21-7-5-4-6-19(20)21/h2*4-12,15H,14H2,1-3H3,(H2,28,33)(H,30,34). The second-order valence-corrected chi connectivity index (χ2v) is 16.7. The maximum absolute atomic E-state index is 13.4. The van der Waals surface area contributed by atoms with Gasteiger partial charge in [0.2, 0.25) is 0 Å². The molecule has 16 nitrogen and oxygen atoms in total. The van der Waals surface area contributed by atoms with Gasteiger partial charge in [0.1, 0.15) is 11.4 Å². The molecule has 8 rings (SSSR count). The van der Waals surface area contributed by atoms with Crippen LogP contribution in [0.4, 0.5) is 11.4 Å². The summed E-state index contributed by atoms with van der Waals surface area (Å²) in [6.07, 6.45) is 0. The van der Waals surface area contributed by atoms with Gasteiger partial charge in [0.25, 0.3) is 23.6 Å². The van der Waals surface area contributed by atoms with Crippen molar-refractivity contribution in [3.63, 3.8) is 0 Å². The molecule has 8 aromatic rings. The number of nitrogens with two attached hydrogens (primary N) is 2. The summed E-state index contributed by atoms with van der Waals surface area (Å²) in [5, 5.41) is 34.7. The molecule has 0 saturated heterocycles. The maximum Gasteiger partial charge on any atom is 0.267 e. The minimum Gasteiger partial charge on any atom is -0.364 e. The van der Waals surface area contributed by atoms with Crippen LogP contribution in [0.1, 0.15) is 126 Å². The molecule has 4 heterocycles. The fourth-order valence-corrected chi connectivity index (χ4v) is 7.80. The van der Waals surface area contributed by atoms with Crippen molar-refractivity contribution in [2.45, 2.75) is 66.5 Å². The summed E-state index contributed by atoms with van der Waals surface area (Å²) >= 11 is 0. The van der Waals surface area contributed by atoms with E-state index in [-0.39, 0.29) is 35.0 Å². The Hall–Kier alpha value is -9.02. The van der Waals surface area contributed by atoms with Gasteiger partial charge in [-0.25, -0.2) is 9.97 Å². The van der Waals surface area contributed by atoms with E-state index in [2.05, 4.69) is 37.8 Å². The average molecular weight is 905 g/mol. The van der Waals surface area contributed by atoms with Crippen LogP contribution in [-0.4, -0.2) is 53.2 Å². The van der Waals surface area contributed by atoms with Gasteiger partial charge in [-0.1, -0.05) is 88.4 Å². The Morgan fingerprint density at radius 3 is 1.47 bits per heavy atom. The molecule has 0 aliphatic heterocycles. The second-order valence-electron chi connectivity index (χ2n) is 16.7. The first kappa shape index (κ1) is 47.0. The molecule has 0 aliphatic carbocycles. The molecule has 0 spiro atoms. The van der Waals surface area contributed by atoms with E-state index in [4.69, 9.17) is 27.1 Å². The van der Waals surface area contributed by atoms with Crippen LogP contribution in [-0.2, 0) is 13.1 Å². The zero-order chi connectivity index (χ0) is 48.8. The predicted molar refractivity (Wildman–Crippen MR) is 259 cm³/mol. The molecule has 0 fully saturated rings. The molecule has 0 bridgehead atoms. The Balaban J connectivity index is 0.000000201. The summed E-state index contributed by atoms with van der Waals surface area (Å²) in [5.41, 5.74) is 20.2. The molecule has 16 heteroatoms. The average Bonchev–Trinajstić information content (AvgIpc) is 3.81. The number of anilines is 2. The summed E-state index contributed by atoms with van der Waals surface area (Å²) in [4.78, 5) is 58.9. The zero-order valence-electron chi connectivity index (χ0n) is 38.3. The van der Waals surface area contributed by atoms with Crippen LogP contribution in [0, 0.1) is 36.5 Å². The van der Waals surface area contributed by atoms with Crippen LogP contribution in [0.3, 0.4) is 0 Å². The van der Waals surface area contributed by atoms with Crippen LogP contribution in [0.25, 0.3) is 21.8 Å². The monoisotopic (exact) mass is 904 g/mol. The number of nitriles is 2. The van der Waals surface area contributed by atoms with Crippen molar-refractivity contribution >= 4 is 56.8 Å². The van der Waals surface area contributed by atoms with Gasteiger partial charge in [-0.3, -0.25) is 28.5 Å². The summed E-state index contributed by atoms with van der Waals surface area (Å²) in [6, 6.07) is 36.0. The van der Waals surface area contributed by atoms with Gasteiger partial charge >= 0.3 is 0 Å². The van der Waals surface area contributed by atoms with E-state index in [9.17, 15) is 19.2 Å². The minimum atomic E-state index is -0.700. The highest BCUT2D eigenvalue weighted by Crippen LogP contribution is 2.31. The van der Waals surface area contributed by atoms with Gasteiger partial charge in [-0.05, 0) is 85.3 Å². The summed E-state index contributed by atoms with van der Waals surface area (Å²) in [6.45, 7) is 12.8. The molecule has 0 radical (unpaired) electrons. The van der Waals surface area contributed by atoms with Gasteiger partial charge in [0, 0.05) is 10.8 Å². The first-order valence-corrected chi connectivity index (χ1v) is 21.7. The van der Waals surface area contributed by atoms with Gasteiger partial charge in [0.15, 0.2) is 0 Å². The fourth-order valence-electron chi connectivity index (χ4n) is 7.80. The molecule has 0 saturated carbocycles. The number of primary amides is 2. The topological polar surface area (TPSA) is 253 Å². The molecule has 0 unspecified atom stereocenters. The SMILES string of the molecule is Cc1c(NC(=O)c2cc(C(N)=O)nc3ccccc23)c(C(C)C)nn1Cc1ccc(C#N)cc1.Cc1nn(Cc2ccc(C#N)cc2)c(C(C)C)c1NC(=O)c1cc(C(N)=O)nc2ccccc12. The molecule has 0 aliphatic rings. The lowest BCUT2D eigenvalue weighted by Crippen LogP contribution is -2.18. The number of rotatable bonds is 12. The van der Waals surface area contributed by atoms with E-state index in [0.717, 1.165) is 28.2 Å². The highest BCUT2D eigenvalue weighted by Gasteiger charge is 2.24. The van der Waals surface area contributed by atoms with Gasteiger partial charge < -0.3 is 22.1 Å². The van der Waals surface area contributed by atoms with E-state index in [1.165, 1.54) is 12.1 Å². The lowest BCUT2D eigenvalue weighted by molar-refractivity contribution is 0.0986. The Morgan fingerprint density at radius 1 is 0.603 bits per heavy atom. The van der Waals surface area contributed by atoms with Crippen LogP contribution >= 0.6 is 0 Å². The molecule has 68 heavy (non-hydrogen) atoms. The lowest BCUT2D eigenvalue weighted by Gasteiger charge is -2.14. The Kier molecular flexibility index (Phi) is 13.8. The Morgan fingerprint density at radius 2 is 1.04 bits per heavy atom. The van der Waals surface area contributed by atoms with Crippen molar-refractivity contribution in [3.8, 4) is 12.1 Å². The van der Waals surface area contributed by atoms with Crippen LogP contribution < -0.4 is 22.1 Å². The molecular weight excluding hydrogens is 857 g/mol. The molecule has 4 amide bonds. The number of carbonyl (C=O) groups is 4. The van der Waals surface area contributed by atoms with Crippen LogP contribution in [0.5, 0.6) is 0 Å². The van der Waals surface area contributed by atoms with E-state index >= 15 is 0 Å². The third kappa shape index (κ3) is 10.1. The smallest absolute Gasteiger partial charge is 0.267 e. The van der Waals surface area contributed by atoms with Crippen molar-refractivity contribution < 1.29 is 19.2 Å². The number of fused-ring (bicyclic) bond motifs is 2. The molecular formula is C52H48N12O4. The van der Waals surface area contributed by atoms with E-state index < -0.39 is 11.8 Å². The second kappa shape index (κ2) is 20.0. The quantitative estimate of drug-likeness (QED) is 0.0913. The number of para-hydroxylation sites is 2. The lowest BCUT2D eigenvalue weighted by atomic mass is 10.0. The molecule has 340 valence electrons. The molecule has 4 aromatic carbocycles. The van der Waals surface area contributed by atoms with Crippen molar-refractivity contribution in [2.24, 2.45) is 11.5 Å². The summed E-state index contributed by atoms with van der Waals surface area (Å²) in [5.74, 6) is -2.01. The maximum atomic E-state index is 13.4. The van der Waals surface area contributed by atoms with Crippen molar-refractivity contribution in [2.75, 3.05) is 10.6 Å². The number of pyridine rings is 2. The third-order valence-corrected chi connectivity index (χ3v) is 11.2. The Bertz CT molecular complexity index is 3230. The number of hydrogen-bond acceptors (Lipinski definition) is 10. The summed E-state index contributed by atoms with van der Waals surface area (Å²) < 4.78 is 3.71. The van der Waals surface area contributed by atoms with Crippen molar-refractivity contribution in [1.82, 2.24) is 29.5 Å². The fraction of sp³-hybridized carbons (Fsp3) is 0.192. The minimum absolute atomic E-state index is 0.0289. The third-order valence-electron chi connectivity index (χ3n) is 11.2. The molecule has 4 aromatic heterocycles. The predicted octanol–water partition coefficient (Wildman–Crippen LogP) is 8.27. The van der Waals surface area contributed by atoms with Gasteiger partial charge in [0.05, 0.1) is 92.7 Å².